The molecule has 3 aromatic rings. The number of nitrogens with zero attached hydrogens (tertiary/aromatic N) is 3. The Hall–Kier alpha value is -2.15. The molecule has 7 heteroatoms. The van der Waals surface area contributed by atoms with Crippen molar-refractivity contribution < 1.29 is 9.90 Å². The zero-order chi connectivity index (χ0) is 19.7. The molecule has 2 aromatic carbocycles. The van der Waals surface area contributed by atoms with Crippen molar-refractivity contribution in [3.63, 3.8) is 0 Å². The third-order valence-electron chi connectivity index (χ3n) is 5.11. The van der Waals surface area contributed by atoms with Gasteiger partial charge < -0.3 is 10.0 Å². The highest BCUT2D eigenvalue weighted by atomic mass is 35.5. The van der Waals surface area contributed by atoms with Gasteiger partial charge in [-0.25, -0.2) is 4.98 Å². The van der Waals surface area contributed by atoms with Crippen molar-refractivity contribution in [1.29, 1.82) is 0 Å². The minimum atomic E-state index is -0.795. The summed E-state index contributed by atoms with van der Waals surface area (Å²) in [6.45, 7) is 5.85. The quantitative estimate of drug-likeness (QED) is 0.673. The molecule has 1 saturated heterocycles. The molecule has 1 aliphatic rings. The van der Waals surface area contributed by atoms with Crippen LogP contribution in [0, 0.1) is 0 Å². The third-order valence-corrected chi connectivity index (χ3v) is 6.42. The number of carboxylic acids is 1. The second-order valence-corrected chi connectivity index (χ2v) is 8.71. The van der Waals surface area contributed by atoms with Crippen LogP contribution in [0.5, 0.6) is 0 Å². The van der Waals surface area contributed by atoms with Crippen LogP contribution in [0.4, 0.5) is 5.13 Å². The molecule has 0 saturated carbocycles. The number of fused-ring (bicyclic) bond motifs is 1. The zero-order valence-electron chi connectivity index (χ0n) is 15.6. The highest BCUT2D eigenvalue weighted by Crippen LogP contribution is 2.32. The largest absolute Gasteiger partial charge is 0.481 e. The topological polar surface area (TPSA) is 56.7 Å². The van der Waals surface area contributed by atoms with Gasteiger partial charge in [0.25, 0.3) is 0 Å². The van der Waals surface area contributed by atoms with Crippen LogP contribution in [0.1, 0.15) is 18.1 Å². The van der Waals surface area contributed by atoms with E-state index in [9.17, 15) is 4.79 Å². The van der Waals surface area contributed by atoms with E-state index in [1.165, 1.54) is 0 Å². The fourth-order valence-electron chi connectivity index (χ4n) is 3.67. The van der Waals surface area contributed by atoms with Crippen molar-refractivity contribution in [2.75, 3.05) is 24.5 Å². The molecule has 0 aliphatic carbocycles. The van der Waals surface area contributed by atoms with Gasteiger partial charge in [-0.15, -0.1) is 0 Å². The minimum absolute atomic E-state index is 0.0682. The van der Waals surface area contributed by atoms with Gasteiger partial charge >= 0.3 is 5.97 Å². The summed E-state index contributed by atoms with van der Waals surface area (Å²) in [7, 11) is 0. The number of aromatic nitrogens is 1. The van der Waals surface area contributed by atoms with E-state index in [2.05, 4.69) is 22.8 Å². The fourth-order valence-corrected chi connectivity index (χ4v) is 4.95. The smallest absolute Gasteiger partial charge is 0.307 e. The number of anilines is 1. The van der Waals surface area contributed by atoms with Crippen LogP contribution < -0.4 is 4.90 Å². The molecule has 0 spiro atoms. The number of hydrogen-bond donors (Lipinski definition) is 1. The van der Waals surface area contributed by atoms with E-state index in [4.69, 9.17) is 21.7 Å². The normalized spacial score (nSPS) is 17.9. The number of benzene rings is 2. The molecule has 5 nitrogen and oxygen atoms in total. The first-order chi connectivity index (χ1) is 13.5. The van der Waals surface area contributed by atoms with Gasteiger partial charge in [0.05, 0.1) is 16.6 Å². The second kappa shape index (κ2) is 8.07. The average molecular weight is 416 g/mol. The monoisotopic (exact) mass is 415 g/mol. The lowest BCUT2D eigenvalue weighted by Crippen LogP contribution is -2.51. The van der Waals surface area contributed by atoms with Crippen LogP contribution in [-0.2, 0) is 17.8 Å². The Bertz CT molecular complexity index is 1010. The molecule has 1 fully saturated rings. The average Bonchev–Trinajstić information content (AvgIpc) is 3.06. The molecule has 1 aliphatic heterocycles. The number of hydrogen-bond acceptors (Lipinski definition) is 5. The Balaban J connectivity index is 1.43. The molecule has 146 valence electrons. The molecule has 0 amide bonds. The summed E-state index contributed by atoms with van der Waals surface area (Å²) < 4.78 is 1.12. The van der Waals surface area contributed by atoms with Gasteiger partial charge in [-0.2, -0.15) is 0 Å². The first-order valence-electron chi connectivity index (χ1n) is 9.32. The van der Waals surface area contributed by atoms with E-state index in [-0.39, 0.29) is 6.42 Å². The maximum Gasteiger partial charge on any atom is 0.307 e. The summed E-state index contributed by atoms with van der Waals surface area (Å²) in [5.74, 6) is -0.795. The molecule has 0 unspecified atom stereocenters. The summed E-state index contributed by atoms with van der Waals surface area (Å²) in [4.78, 5) is 20.5. The first kappa shape index (κ1) is 19.2. The number of aliphatic carboxylic acids is 1. The molecule has 1 N–H and O–H groups in total. The lowest BCUT2D eigenvalue weighted by Gasteiger charge is -2.39. The van der Waals surface area contributed by atoms with Crippen molar-refractivity contribution in [2.45, 2.75) is 25.9 Å². The molecule has 0 radical (unpaired) electrons. The summed E-state index contributed by atoms with van der Waals surface area (Å²) in [5, 5.41) is 10.8. The summed E-state index contributed by atoms with van der Waals surface area (Å²) in [6.07, 6.45) is 0.0682. The lowest BCUT2D eigenvalue weighted by atomic mass is 10.1. The van der Waals surface area contributed by atoms with Crippen molar-refractivity contribution in [2.24, 2.45) is 0 Å². The molecule has 1 atom stereocenters. The number of rotatable bonds is 5. The van der Waals surface area contributed by atoms with Crippen LogP contribution >= 0.6 is 22.9 Å². The summed E-state index contributed by atoms with van der Waals surface area (Å²) >= 11 is 7.79. The van der Waals surface area contributed by atoms with Crippen molar-refractivity contribution in [3.8, 4) is 0 Å². The number of carboxylic acid groups (broad SMARTS) is 1. The van der Waals surface area contributed by atoms with Gasteiger partial charge in [-0.3, -0.25) is 9.69 Å². The Labute approximate surface area is 173 Å². The van der Waals surface area contributed by atoms with Crippen molar-refractivity contribution in [1.82, 2.24) is 9.88 Å². The van der Waals surface area contributed by atoms with Crippen LogP contribution in [0.2, 0.25) is 5.02 Å². The van der Waals surface area contributed by atoms with Gasteiger partial charge in [0.15, 0.2) is 5.13 Å². The van der Waals surface area contributed by atoms with Crippen LogP contribution in [-0.4, -0.2) is 46.6 Å². The van der Waals surface area contributed by atoms with Gasteiger partial charge in [0.1, 0.15) is 0 Å². The molecular formula is C21H22ClN3O2S. The van der Waals surface area contributed by atoms with E-state index in [1.807, 2.05) is 36.4 Å². The summed E-state index contributed by atoms with van der Waals surface area (Å²) in [5.41, 5.74) is 3.01. The van der Waals surface area contributed by atoms with E-state index >= 15 is 0 Å². The van der Waals surface area contributed by atoms with Crippen LogP contribution in [0.3, 0.4) is 0 Å². The minimum Gasteiger partial charge on any atom is -0.481 e. The molecule has 4 rings (SSSR count). The van der Waals surface area contributed by atoms with E-state index in [0.717, 1.165) is 57.7 Å². The second-order valence-electron chi connectivity index (χ2n) is 7.26. The Morgan fingerprint density at radius 3 is 2.86 bits per heavy atom. The number of piperazine rings is 1. The number of halogens is 1. The molecule has 1 aromatic heterocycles. The van der Waals surface area contributed by atoms with E-state index in [1.54, 1.807) is 11.3 Å². The van der Waals surface area contributed by atoms with Gasteiger partial charge in [-0.05, 0) is 36.2 Å². The van der Waals surface area contributed by atoms with Crippen LogP contribution in [0.15, 0.2) is 42.5 Å². The standard InChI is InChI=1S/C21H22ClN3O2S/c1-14-12-25(21-23-18-6-5-17(22)11-19(18)28-21)8-7-24(14)13-16-4-2-3-15(9-16)10-20(26)27/h2-6,9,11,14H,7-8,10,12-13H2,1H3,(H,26,27)/t14-/m1/s1. The predicted molar refractivity (Wildman–Crippen MR) is 114 cm³/mol. The maximum absolute atomic E-state index is 10.9. The maximum atomic E-state index is 10.9. The molecule has 2 heterocycles. The highest BCUT2D eigenvalue weighted by molar-refractivity contribution is 7.22. The summed E-state index contributed by atoms with van der Waals surface area (Å²) in [6, 6.07) is 14.1. The molecular weight excluding hydrogens is 394 g/mol. The Morgan fingerprint density at radius 2 is 2.07 bits per heavy atom. The van der Waals surface area contributed by atoms with Gasteiger partial charge in [0.2, 0.25) is 0 Å². The van der Waals surface area contributed by atoms with Crippen molar-refractivity contribution in [3.05, 3.63) is 58.6 Å². The zero-order valence-corrected chi connectivity index (χ0v) is 17.2. The molecule has 28 heavy (non-hydrogen) atoms. The van der Waals surface area contributed by atoms with E-state index in [0.29, 0.717) is 6.04 Å². The Kier molecular flexibility index (Phi) is 5.53. The predicted octanol–water partition coefficient (Wildman–Crippen LogP) is 4.29. The SMILES string of the molecule is C[C@@H]1CN(c2nc3ccc(Cl)cc3s2)CCN1Cc1cccc(CC(=O)O)c1. The lowest BCUT2D eigenvalue weighted by molar-refractivity contribution is -0.136. The van der Waals surface area contributed by atoms with Crippen molar-refractivity contribution >= 4 is 44.3 Å². The highest BCUT2D eigenvalue weighted by Gasteiger charge is 2.25. The van der Waals surface area contributed by atoms with Gasteiger partial charge in [0, 0.05) is 37.2 Å². The third kappa shape index (κ3) is 4.29. The first-order valence-corrected chi connectivity index (χ1v) is 10.5. The Morgan fingerprint density at radius 1 is 1.25 bits per heavy atom. The van der Waals surface area contributed by atoms with Crippen LogP contribution in [0.25, 0.3) is 10.2 Å². The fraction of sp³-hybridized carbons (Fsp3) is 0.333. The number of thiazole rings is 1. The molecule has 0 bridgehead atoms. The van der Waals surface area contributed by atoms with Gasteiger partial charge in [-0.1, -0.05) is 47.2 Å². The van der Waals surface area contributed by atoms with E-state index < -0.39 is 5.97 Å². The number of carbonyl (C=O) groups is 1.